The molecule has 0 aliphatic carbocycles. The number of phenolic OH excluding ortho intramolecular Hbond substituents is 1. The molecule has 1 aliphatic rings. The highest BCUT2D eigenvalue weighted by atomic mass is 16.3. The van der Waals surface area contributed by atoms with Gasteiger partial charge in [-0.05, 0) is 49.6 Å². The maximum atomic E-state index is 13.0. The number of anilines is 1. The van der Waals surface area contributed by atoms with Crippen molar-refractivity contribution in [1.29, 1.82) is 0 Å². The first-order chi connectivity index (χ1) is 12.5. The average Bonchev–Trinajstić information content (AvgIpc) is 3.04. The summed E-state index contributed by atoms with van der Waals surface area (Å²) in [5, 5.41) is 14.0. The number of aryl methyl sites for hydroxylation is 1. The number of aromatic nitrogens is 2. The third-order valence-electron chi connectivity index (χ3n) is 4.75. The molecule has 26 heavy (non-hydrogen) atoms. The van der Waals surface area contributed by atoms with Crippen LogP contribution >= 0.6 is 0 Å². The van der Waals surface area contributed by atoms with Crippen molar-refractivity contribution >= 4 is 11.6 Å². The molecule has 0 atom stereocenters. The molecule has 0 unspecified atom stereocenters. The fourth-order valence-electron chi connectivity index (χ4n) is 3.39. The molecule has 2 aromatic rings. The second-order valence-electron chi connectivity index (χ2n) is 7.23. The number of rotatable bonds is 5. The Morgan fingerprint density at radius 3 is 2.38 bits per heavy atom. The molecular weight excluding hydrogens is 328 g/mol. The number of piperazine rings is 1. The third kappa shape index (κ3) is 4.00. The smallest absolute Gasteiger partial charge is 0.272 e. The van der Waals surface area contributed by atoms with E-state index in [0.717, 1.165) is 30.9 Å². The minimum Gasteiger partial charge on any atom is -0.508 e. The maximum absolute atomic E-state index is 13.0. The second-order valence-corrected chi connectivity index (χ2v) is 7.23. The largest absolute Gasteiger partial charge is 0.508 e. The number of nitrogens with zero attached hydrogens (tertiary/aromatic N) is 4. The summed E-state index contributed by atoms with van der Waals surface area (Å²) in [6.07, 6.45) is 0.891. The molecule has 140 valence electrons. The van der Waals surface area contributed by atoms with E-state index in [9.17, 15) is 9.90 Å². The van der Waals surface area contributed by atoms with Crippen LogP contribution in [0.3, 0.4) is 0 Å². The molecule has 3 rings (SSSR count). The van der Waals surface area contributed by atoms with E-state index in [1.54, 1.807) is 12.1 Å². The van der Waals surface area contributed by atoms with Crippen molar-refractivity contribution in [3.8, 4) is 5.75 Å². The Balaban J connectivity index is 1.66. The van der Waals surface area contributed by atoms with Crippen molar-refractivity contribution in [2.45, 2.75) is 33.7 Å². The summed E-state index contributed by atoms with van der Waals surface area (Å²) in [4.78, 5) is 17.1. The zero-order chi connectivity index (χ0) is 18.7. The standard InChI is InChI=1S/C20H28N4O2/c1-4-24-19(14-16(21-24)13-15(2)3)20(26)23-11-9-22(10-12-23)17-5-7-18(25)8-6-17/h5-8,14-15,25H,4,9-13H2,1-3H3. The predicted molar refractivity (Wildman–Crippen MR) is 103 cm³/mol. The number of carbonyl (C=O) groups is 1. The molecule has 6 nitrogen and oxygen atoms in total. The van der Waals surface area contributed by atoms with Gasteiger partial charge in [-0.3, -0.25) is 9.48 Å². The van der Waals surface area contributed by atoms with Crippen LogP contribution in [-0.4, -0.2) is 51.9 Å². The van der Waals surface area contributed by atoms with E-state index in [2.05, 4.69) is 23.8 Å². The molecule has 0 radical (unpaired) electrons. The zero-order valence-electron chi connectivity index (χ0n) is 15.9. The number of hydrogen-bond donors (Lipinski definition) is 1. The van der Waals surface area contributed by atoms with Gasteiger partial charge in [0.2, 0.25) is 0 Å². The van der Waals surface area contributed by atoms with E-state index in [1.165, 1.54) is 0 Å². The predicted octanol–water partition coefficient (Wildman–Crippen LogP) is 2.77. The van der Waals surface area contributed by atoms with E-state index >= 15 is 0 Å². The van der Waals surface area contributed by atoms with Gasteiger partial charge in [0.15, 0.2) is 0 Å². The SMILES string of the molecule is CCn1nc(CC(C)C)cc1C(=O)N1CCN(c2ccc(O)cc2)CC1. The summed E-state index contributed by atoms with van der Waals surface area (Å²) in [7, 11) is 0. The number of amides is 1. The number of carbonyl (C=O) groups excluding carboxylic acids is 1. The van der Waals surface area contributed by atoms with E-state index < -0.39 is 0 Å². The van der Waals surface area contributed by atoms with Crippen LogP contribution in [0.25, 0.3) is 0 Å². The van der Waals surface area contributed by atoms with E-state index in [4.69, 9.17) is 0 Å². The van der Waals surface area contributed by atoms with E-state index in [1.807, 2.05) is 34.7 Å². The summed E-state index contributed by atoms with van der Waals surface area (Å²) in [6.45, 7) is 10.00. The Morgan fingerprint density at radius 1 is 1.15 bits per heavy atom. The van der Waals surface area contributed by atoms with Crippen molar-refractivity contribution in [3.05, 3.63) is 41.7 Å². The van der Waals surface area contributed by atoms with Crippen LogP contribution < -0.4 is 4.90 Å². The molecule has 1 saturated heterocycles. The molecule has 1 aromatic heterocycles. The topological polar surface area (TPSA) is 61.6 Å². The summed E-state index contributed by atoms with van der Waals surface area (Å²) in [5.74, 6) is 0.860. The van der Waals surface area contributed by atoms with Crippen LogP contribution in [0.1, 0.15) is 37.0 Å². The number of hydrogen-bond acceptors (Lipinski definition) is 4. The van der Waals surface area contributed by atoms with Crippen LogP contribution in [0.5, 0.6) is 5.75 Å². The molecule has 1 fully saturated rings. The van der Waals surface area contributed by atoms with Crippen LogP contribution in [0.4, 0.5) is 5.69 Å². The normalized spacial score (nSPS) is 14.9. The van der Waals surface area contributed by atoms with Gasteiger partial charge >= 0.3 is 0 Å². The molecule has 0 spiro atoms. The first kappa shape index (κ1) is 18.3. The van der Waals surface area contributed by atoms with Crippen molar-refractivity contribution in [2.75, 3.05) is 31.1 Å². The van der Waals surface area contributed by atoms with Gasteiger partial charge in [-0.1, -0.05) is 13.8 Å². The van der Waals surface area contributed by atoms with Crippen LogP contribution in [0.2, 0.25) is 0 Å². The molecular formula is C20H28N4O2. The summed E-state index contributed by atoms with van der Waals surface area (Å²) in [5.41, 5.74) is 2.77. The lowest BCUT2D eigenvalue weighted by atomic mass is 10.1. The monoisotopic (exact) mass is 356 g/mol. The van der Waals surface area contributed by atoms with Gasteiger partial charge in [0.05, 0.1) is 5.69 Å². The highest BCUT2D eigenvalue weighted by Crippen LogP contribution is 2.21. The molecule has 0 bridgehead atoms. The Bertz CT molecular complexity index is 744. The van der Waals surface area contributed by atoms with Crippen LogP contribution in [0, 0.1) is 5.92 Å². The van der Waals surface area contributed by atoms with Gasteiger partial charge in [0.1, 0.15) is 11.4 Å². The van der Waals surface area contributed by atoms with Crippen molar-refractivity contribution in [3.63, 3.8) is 0 Å². The van der Waals surface area contributed by atoms with Crippen LogP contribution in [0.15, 0.2) is 30.3 Å². The lowest BCUT2D eigenvalue weighted by molar-refractivity contribution is 0.0734. The van der Waals surface area contributed by atoms with E-state index in [0.29, 0.717) is 31.2 Å². The van der Waals surface area contributed by atoms with Gasteiger partial charge in [0.25, 0.3) is 5.91 Å². The first-order valence-corrected chi connectivity index (χ1v) is 9.38. The van der Waals surface area contributed by atoms with Gasteiger partial charge in [-0.2, -0.15) is 5.10 Å². The quantitative estimate of drug-likeness (QED) is 0.895. The molecule has 2 heterocycles. The molecule has 1 aromatic carbocycles. The molecule has 0 saturated carbocycles. The minimum absolute atomic E-state index is 0.0692. The van der Waals surface area contributed by atoms with Crippen LogP contribution in [-0.2, 0) is 13.0 Å². The third-order valence-corrected chi connectivity index (χ3v) is 4.75. The van der Waals surface area contributed by atoms with Crippen molar-refractivity contribution < 1.29 is 9.90 Å². The number of aromatic hydroxyl groups is 1. The lowest BCUT2D eigenvalue weighted by Crippen LogP contribution is -2.49. The van der Waals surface area contributed by atoms with Gasteiger partial charge in [0, 0.05) is 38.4 Å². The zero-order valence-corrected chi connectivity index (χ0v) is 15.9. The summed E-state index contributed by atoms with van der Waals surface area (Å²) < 4.78 is 1.83. The minimum atomic E-state index is 0.0692. The Hall–Kier alpha value is -2.50. The Labute approximate surface area is 155 Å². The summed E-state index contributed by atoms with van der Waals surface area (Å²) in [6, 6.07) is 9.18. The lowest BCUT2D eigenvalue weighted by Gasteiger charge is -2.36. The highest BCUT2D eigenvalue weighted by Gasteiger charge is 2.25. The van der Waals surface area contributed by atoms with Gasteiger partial charge < -0.3 is 14.9 Å². The number of benzene rings is 1. The number of phenols is 1. The Morgan fingerprint density at radius 2 is 1.81 bits per heavy atom. The first-order valence-electron chi connectivity index (χ1n) is 9.38. The van der Waals surface area contributed by atoms with Crippen molar-refractivity contribution in [2.24, 2.45) is 5.92 Å². The van der Waals surface area contributed by atoms with Gasteiger partial charge in [-0.15, -0.1) is 0 Å². The summed E-state index contributed by atoms with van der Waals surface area (Å²) >= 11 is 0. The maximum Gasteiger partial charge on any atom is 0.272 e. The molecule has 6 heteroatoms. The van der Waals surface area contributed by atoms with Gasteiger partial charge in [-0.25, -0.2) is 0 Å². The van der Waals surface area contributed by atoms with Crippen molar-refractivity contribution in [1.82, 2.24) is 14.7 Å². The fourth-order valence-corrected chi connectivity index (χ4v) is 3.39. The fraction of sp³-hybridized carbons (Fsp3) is 0.500. The molecule has 1 N–H and O–H groups in total. The van der Waals surface area contributed by atoms with E-state index in [-0.39, 0.29) is 11.7 Å². The average molecular weight is 356 g/mol. The molecule has 1 aliphatic heterocycles. The second kappa shape index (κ2) is 7.81. The molecule has 1 amide bonds. The Kier molecular flexibility index (Phi) is 5.49. The highest BCUT2D eigenvalue weighted by molar-refractivity contribution is 5.93.